The molecule has 4 N–H and O–H groups in total. The third-order valence-electron chi connectivity index (χ3n) is 2.54. The van der Waals surface area contributed by atoms with Crippen molar-refractivity contribution >= 4 is 5.82 Å². The Morgan fingerprint density at radius 3 is 2.61 bits per heavy atom. The Bertz CT molecular complexity index is 526. The lowest BCUT2D eigenvalue weighted by Crippen LogP contribution is -2.07. The van der Waals surface area contributed by atoms with Crippen molar-refractivity contribution in [3.63, 3.8) is 0 Å². The molecule has 18 heavy (non-hydrogen) atoms. The minimum atomic E-state index is 0.343. The normalized spacial score (nSPS) is 10.3. The second kappa shape index (κ2) is 5.42. The first-order valence-electron chi connectivity index (χ1n) is 5.52. The number of methoxy groups -OCH3 is 1. The fourth-order valence-electron chi connectivity index (χ4n) is 1.52. The van der Waals surface area contributed by atoms with Gasteiger partial charge in [-0.25, -0.2) is 15.0 Å². The molecule has 0 aromatic carbocycles. The predicted octanol–water partition coefficient (Wildman–Crippen LogP) is 0.512. The number of rotatable bonds is 4. The molecule has 2 rings (SSSR count). The molecule has 0 fully saturated rings. The van der Waals surface area contributed by atoms with Crippen molar-refractivity contribution in [2.45, 2.75) is 13.0 Å². The number of anilines is 1. The highest BCUT2D eigenvalue weighted by atomic mass is 16.5. The van der Waals surface area contributed by atoms with E-state index in [9.17, 15) is 0 Å². The van der Waals surface area contributed by atoms with Gasteiger partial charge < -0.3 is 16.2 Å². The highest BCUT2D eigenvalue weighted by Gasteiger charge is 2.04. The zero-order valence-corrected chi connectivity index (χ0v) is 10.1. The number of nitrogens with two attached hydrogens (primary N) is 2. The van der Waals surface area contributed by atoms with Gasteiger partial charge in [-0.05, 0) is 5.56 Å². The molecule has 0 saturated carbocycles. The summed E-state index contributed by atoms with van der Waals surface area (Å²) >= 11 is 0. The largest absolute Gasteiger partial charge is 0.481 e. The van der Waals surface area contributed by atoms with E-state index in [-0.39, 0.29) is 0 Å². The first kappa shape index (κ1) is 12.3. The molecule has 0 bridgehead atoms. The van der Waals surface area contributed by atoms with E-state index in [2.05, 4.69) is 15.0 Å². The lowest BCUT2D eigenvalue weighted by atomic mass is 10.2. The molecule has 0 amide bonds. The summed E-state index contributed by atoms with van der Waals surface area (Å²) in [5.74, 6) is 1.67. The number of nitrogen functional groups attached to an aromatic ring is 1. The lowest BCUT2D eigenvalue weighted by Gasteiger charge is -2.05. The van der Waals surface area contributed by atoms with Gasteiger partial charge in [-0.1, -0.05) is 6.07 Å². The van der Waals surface area contributed by atoms with Crippen LogP contribution in [0.4, 0.5) is 5.82 Å². The molecule has 0 aliphatic rings. The fraction of sp³-hybridized carbons (Fsp3) is 0.250. The topological polar surface area (TPSA) is 99.9 Å². The zero-order valence-electron chi connectivity index (χ0n) is 10.1. The molecule has 6 nitrogen and oxygen atoms in total. The SMILES string of the molecule is COc1ccc(Cc2ncc(CN)c(N)n2)cn1. The van der Waals surface area contributed by atoms with Crippen LogP contribution in [0.5, 0.6) is 5.88 Å². The van der Waals surface area contributed by atoms with Gasteiger partial charge >= 0.3 is 0 Å². The summed E-state index contributed by atoms with van der Waals surface area (Å²) < 4.78 is 4.99. The minimum absolute atomic E-state index is 0.343. The number of hydrogen-bond donors (Lipinski definition) is 2. The molecular weight excluding hydrogens is 230 g/mol. The third-order valence-corrected chi connectivity index (χ3v) is 2.54. The van der Waals surface area contributed by atoms with E-state index in [0.29, 0.717) is 30.5 Å². The standard InChI is InChI=1S/C12H15N5O/c1-18-11-3-2-8(6-16-11)4-10-15-7-9(5-13)12(14)17-10/h2-3,6-7H,4-5,13H2,1H3,(H2,14,15,17). The number of nitrogens with zero attached hydrogens (tertiary/aromatic N) is 3. The monoisotopic (exact) mass is 245 g/mol. The predicted molar refractivity (Wildman–Crippen MR) is 67.9 cm³/mol. The van der Waals surface area contributed by atoms with Crippen molar-refractivity contribution in [2.24, 2.45) is 5.73 Å². The summed E-state index contributed by atoms with van der Waals surface area (Å²) in [6.45, 7) is 0.343. The van der Waals surface area contributed by atoms with E-state index in [4.69, 9.17) is 16.2 Å². The average Bonchev–Trinajstić information content (AvgIpc) is 2.40. The Labute approximate surface area is 105 Å². The van der Waals surface area contributed by atoms with Crippen LogP contribution in [0.15, 0.2) is 24.5 Å². The Morgan fingerprint density at radius 2 is 2.06 bits per heavy atom. The molecule has 2 aromatic rings. The summed E-state index contributed by atoms with van der Waals surface area (Å²) in [5, 5.41) is 0. The van der Waals surface area contributed by atoms with Crippen molar-refractivity contribution in [3.8, 4) is 5.88 Å². The van der Waals surface area contributed by atoms with Gasteiger partial charge in [0.05, 0.1) is 7.11 Å². The van der Waals surface area contributed by atoms with Crippen LogP contribution in [0.1, 0.15) is 17.0 Å². The van der Waals surface area contributed by atoms with E-state index in [1.54, 1.807) is 25.6 Å². The van der Waals surface area contributed by atoms with Crippen LogP contribution < -0.4 is 16.2 Å². The maximum absolute atomic E-state index is 5.76. The smallest absolute Gasteiger partial charge is 0.212 e. The van der Waals surface area contributed by atoms with Gasteiger partial charge in [-0.3, -0.25) is 0 Å². The molecule has 2 aromatic heterocycles. The van der Waals surface area contributed by atoms with Crippen molar-refractivity contribution < 1.29 is 4.74 Å². The lowest BCUT2D eigenvalue weighted by molar-refractivity contribution is 0.397. The number of pyridine rings is 1. The Kier molecular flexibility index (Phi) is 3.69. The van der Waals surface area contributed by atoms with Crippen molar-refractivity contribution in [3.05, 3.63) is 41.5 Å². The Hall–Kier alpha value is -2.21. The van der Waals surface area contributed by atoms with Crippen LogP contribution in [0.25, 0.3) is 0 Å². The summed E-state index contributed by atoms with van der Waals surface area (Å²) in [6, 6.07) is 3.72. The highest BCUT2D eigenvalue weighted by Crippen LogP contribution is 2.12. The van der Waals surface area contributed by atoms with E-state index in [1.807, 2.05) is 6.07 Å². The van der Waals surface area contributed by atoms with Gasteiger partial charge in [0, 0.05) is 37.0 Å². The molecule has 0 spiro atoms. The third kappa shape index (κ3) is 2.72. The first-order valence-corrected chi connectivity index (χ1v) is 5.52. The molecule has 0 radical (unpaired) electrons. The molecule has 0 atom stereocenters. The zero-order chi connectivity index (χ0) is 13.0. The summed E-state index contributed by atoms with van der Waals surface area (Å²) in [4.78, 5) is 12.5. The van der Waals surface area contributed by atoms with Gasteiger partial charge in [0.25, 0.3) is 0 Å². The Morgan fingerprint density at radius 1 is 1.22 bits per heavy atom. The maximum atomic E-state index is 5.76. The molecule has 2 heterocycles. The maximum Gasteiger partial charge on any atom is 0.212 e. The highest BCUT2D eigenvalue weighted by molar-refractivity contribution is 5.37. The van der Waals surface area contributed by atoms with Crippen LogP contribution in [-0.4, -0.2) is 22.1 Å². The van der Waals surface area contributed by atoms with Crippen LogP contribution in [0.2, 0.25) is 0 Å². The summed E-state index contributed by atoms with van der Waals surface area (Å²) in [7, 11) is 1.58. The average molecular weight is 245 g/mol. The summed E-state index contributed by atoms with van der Waals surface area (Å²) in [6.07, 6.45) is 3.97. The van der Waals surface area contributed by atoms with Crippen LogP contribution >= 0.6 is 0 Å². The van der Waals surface area contributed by atoms with Gasteiger partial charge in [0.2, 0.25) is 5.88 Å². The fourth-order valence-corrected chi connectivity index (χ4v) is 1.52. The van der Waals surface area contributed by atoms with E-state index < -0.39 is 0 Å². The van der Waals surface area contributed by atoms with Crippen LogP contribution in [0.3, 0.4) is 0 Å². The van der Waals surface area contributed by atoms with Crippen LogP contribution in [-0.2, 0) is 13.0 Å². The Balaban J connectivity index is 2.15. The quantitative estimate of drug-likeness (QED) is 0.814. The van der Waals surface area contributed by atoms with Gasteiger partial charge in [-0.2, -0.15) is 0 Å². The van der Waals surface area contributed by atoms with E-state index in [0.717, 1.165) is 11.1 Å². The molecule has 0 aliphatic carbocycles. The molecule has 94 valence electrons. The van der Waals surface area contributed by atoms with E-state index in [1.165, 1.54) is 0 Å². The molecule has 0 unspecified atom stereocenters. The number of hydrogen-bond acceptors (Lipinski definition) is 6. The van der Waals surface area contributed by atoms with Crippen molar-refractivity contribution in [1.82, 2.24) is 15.0 Å². The number of aromatic nitrogens is 3. The second-order valence-corrected chi connectivity index (χ2v) is 3.79. The van der Waals surface area contributed by atoms with Gasteiger partial charge in [0.15, 0.2) is 0 Å². The molecule has 0 aliphatic heterocycles. The van der Waals surface area contributed by atoms with E-state index >= 15 is 0 Å². The first-order chi connectivity index (χ1) is 8.72. The van der Waals surface area contributed by atoms with Crippen molar-refractivity contribution in [1.29, 1.82) is 0 Å². The molecule has 6 heteroatoms. The van der Waals surface area contributed by atoms with Gasteiger partial charge in [-0.15, -0.1) is 0 Å². The second-order valence-electron chi connectivity index (χ2n) is 3.79. The minimum Gasteiger partial charge on any atom is -0.481 e. The molecular formula is C12H15N5O. The van der Waals surface area contributed by atoms with Crippen molar-refractivity contribution in [2.75, 3.05) is 12.8 Å². The number of ether oxygens (including phenoxy) is 1. The van der Waals surface area contributed by atoms with Crippen LogP contribution in [0, 0.1) is 0 Å². The summed E-state index contributed by atoms with van der Waals surface area (Å²) in [5.41, 5.74) is 13.0. The van der Waals surface area contributed by atoms with Gasteiger partial charge in [0.1, 0.15) is 11.6 Å². The molecule has 0 saturated heterocycles.